The van der Waals surface area contributed by atoms with Gasteiger partial charge >= 0.3 is 11.9 Å². The van der Waals surface area contributed by atoms with Gasteiger partial charge in [-0.3, -0.25) is 9.59 Å². The first-order valence-corrected chi connectivity index (χ1v) is 17.6. The molecule has 0 fully saturated rings. The molecule has 0 aliphatic rings. The van der Waals surface area contributed by atoms with Crippen LogP contribution in [0.2, 0.25) is 0 Å². The first-order valence-electron chi connectivity index (χ1n) is 17.6. The maximum Gasteiger partial charge on any atom is 0.305 e. The Morgan fingerprint density at radius 1 is 0.425 bits per heavy atom. The molecule has 0 rings (SSSR count). The summed E-state index contributed by atoms with van der Waals surface area (Å²) in [6.07, 6.45) is 30.3. The van der Waals surface area contributed by atoms with Crippen molar-refractivity contribution in [1.29, 1.82) is 0 Å². The summed E-state index contributed by atoms with van der Waals surface area (Å²) in [5.41, 5.74) is 0. The minimum absolute atomic E-state index is 0.00535. The summed E-state index contributed by atoms with van der Waals surface area (Å²) in [5, 5.41) is 0. The summed E-state index contributed by atoms with van der Waals surface area (Å²) in [5.74, 6) is -0.0122. The molecule has 0 aromatic carbocycles. The minimum Gasteiger partial charge on any atom is -0.466 e. The van der Waals surface area contributed by atoms with Crippen LogP contribution >= 0.6 is 0 Å². The van der Waals surface area contributed by atoms with Crippen molar-refractivity contribution < 1.29 is 19.1 Å². The zero-order chi connectivity index (χ0) is 29.4. The molecule has 0 heterocycles. The summed E-state index contributed by atoms with van der Waals surface area (Å²) < 4.78 is 10.7. The largest absolute Gasteiger partial charge is 0.466 e. The number of carbonyl (C=O) groups is 2. The Hall–Kier alpha value is -1.10. The molecule has 0 N–H and O–H groups in total. The van der Waals surface area contributed by atoms with Gasteiger partial charge < -0.3 is 14.4 Å². The number of hydrogen-bond donors (Lipinski definition) is 0. The van der Waals surface area contributed by atoms with Crippen molar-refractivity contribution in [3.8, 4) is 0 Å². The Morgan fingerprint density at radius 3 is 1.10 bits per heavy atom. The lowest BCUT2D eigenvalue weighted by Crippen LogP contribution is -2.20. The fourth-order valence-electron chi connectivity index (χ4n) is 5.11. The van der Waals surface area contributed by atoms with Crippen LogP contribution in [0, 0.1) is 0 Å². The van der Waals surface area contributed by atoms with Crippen molar-refractivity contribution in [2.75, 3.05) is 33.4 Å². The van der Waals surface area contributed by atoms with Crippen LogP contribution in [0.25, 0.3) is 0 Å². The third-order valence-electron chi connectivity index (χ3n) is 7.86. The quantitative estimate of drug-likeness (QED) is 0.0598. The van der Waals surface area contributed by atoms with Crippen molar-refractivity contribution in [3.63, 3.8) is 0 Å². The Balaban J connectivity index is 3.31. The number of esters is 2. The number of ether oxygens (including phenoxy) is 2. The molecule has 5 nitrogen and oxygen atoms in total. The molecule has 0 spiro atoms. The van der Waals surface area contributed by atoms with Gasteiger partial charge in [0.25, 0.3) is 0 Å². The second-order valence-corrected chi connectivity index (χ2v) is 12.0. The summed E-state index contributed by atoms with van der Waals surface area (Å²) in [6, 6.07) is 0. The van der Waals surface area contributed by atoms with Gasteiger partial charge in [0.05, 0.1) is 13.2 Å². The summed E-state index contributed by atoms with van der Waals surface area (Å²) in [6.45, 7) is 8.04. The van der Waals surface area contributed by atoms with Crippen LogP contribution in [-0.2, 0) is 19.1 Å². The SMILES string of the molecule is CCCCCCCCCOC(=O)CCCCCCCN(C)CCCCCCCCCC(=O)OCCCCCCC. The molecular formula is C35H69NO4. The number of nitrogens with zero attached hydrogens (tertiary/aromatic N) is 1. The number of carbonyl (C=O) groups excluding carboxylic acids is 2. The molecule has 0 amide bonds. The molecule has 0 aromatic heterocycles. The predicted octanol–water partition coefficient (Wildman–Crippen LogP) is 10.2. The average Bonchev–Trinajstić information content (AvgIpc) is 2.94. The van der Waals surface area contributed by atoms with Gasteiger partial charge in [0, 0.05) is 12.8 Å². The summed E-state index contributed by atoms with van der Waals surface area (Å²) in [4.78, 5) is 26.1. The molecule has 0 saturated heterocycles. The zero-order valence-electron chi connectivity index (χ0n) is 27.3. The Bertz CT molecular complexity index is 539. The highest BCUT2D eigenvalue weighted by Gasteiger charge is 2.04. The molecule has 0 aliphatic carbocycles. The molecule has 0 bridgehead atoms. The van der Waals surface area contributed by atoms with E-state index in [9.17, 15) is 9.59 Å². The summed E-state index contributed by atoms with van der Waals surface area (Å²) in [7, 11) is 2.24. The molecule has 40 heavy (non-hydrogen) atoms. The first kappa shape index (κ1) is 38.9. The lowest BCUT2D eigenvalue weighted by atomic mass is 10.1. The van der Waals surface area contributed by atoms with Crippen LogP contribution < -0.4 is 0 Å². The third-order valence-corrected chi connectivity index (χ3v) is 7.86. The van der Waals surface area contributed by atoms with Crippen LogP contribution in [0.15, 0.2) is 0 Å². The molecule has 0 saturated carbocycles. The van der Waals surface area contributed by atoms with E-state index in [1.807, 2.05) is 0 Å². The molecule has 5 heteroatoms. The normalized spacial score (nSPS) is 11.3. The third kappa shape index (κ3) is 31.4. The minimum atomic E-state index is -0.00687. The van der Waals surface area contributed by atoms with Gasteiger partial charge in [0.2, 0.25) is 0 Å². The lowest BCUT2D eigenvalue weighted by molar-refractivity contribution is -0.144. The fraction of sp³-hybridized carbons (Fsp3) is 0.943. The number of unbranched alkanes of at least 4 members (excludes halogenated alkanes) is 20. The molecular weight excluding hydrogens is 498 g/mol. The van der Waals surface area contributed by atoms with Gasteiger partial charge in [-0.25, -0.2) is 0 Å². The van der Waals surface area contributed by atoms with E-state index in [-0.39, 0.29) is 11.9 Å². The van der Waals surface area contributed by atoms with E-state index in [0.29, 0.717) is 26.1 Å². The Labute approximate surface area is 249 Å². The second-order valence-electron chi connectivity index (χ2n) is 12.0. The molecule has 238 valence electrons. The van der Waals surface area contributed by atoms with Gasteiger partial charge in [0.15, 0.2) is 0 Å². The van der Waals surface area contributed by atoms with Gasteiger partial charge in [-0.05, 0) is 58.7 Å². The van der Waals surface area contributed by atoms with Crippen molar-refractivity contribution in [3.05, 3.63) is 0 Å². The van der Waals surface area contributed by atoms with E-state index in [1.165, 1.54) is 129 Å². The maximum atomic E-state index is 11.8. The molecule has 0 aliphatic heterocycles. The van der Waals surface area contributed by atoms with Crippen LogP contribution in [0.5, 0.6) is 0 Å². The lowest BCUT2D eigenvalue weighted by Gasteiger charge is -2.16. The highest BCUT2D eigenvalue weighted by molar-refractivity contribution is 5.69. The Morgan fingerprint density at radius 2 is 0.725 bits per heavy atom. The average molecular weight is 568 g/mol. The molecule has 0 aromatic rings. The molecule has 0 unspecified atom stereocenters. The van der Waals surface area contributed by atoms with Crippen molar-refractivity contribution >= 4 is 11.9 Å². The van der Waals surface area contributed by atoms with Gasteiger partial charge in [-0.2, -0.15) is 0 Å². The van der Waals surface area contributed by atoms with Gasteiger partial charge in [-0.15, -0.1) is 0 Å². The van der Waals surface area contributed by atoms with Crippen LogP contribution in [0.4, 0.5) is 0 Å². The van der Waals surface area contributed by atoms with E-state index in [4.69, 9.17) is 9.47 Å². The Kier molecular flexibility index (Phi) is 31.5. The first-order chi connectivity index (χ1) is 19.6. The van der Waals surface area contributed by atoms with E-state index < -0.39 is 0 Å². The van der Waals surface area contributed by atoms with Crippen molar-refractivity contribution in [1.82, 2.24) is 4.90 Å². The monoisotopic (exact) mass is 568 g/mol. The number of hydrogen-bond acceptors (Lipinski definition) is 5. The second kappa shape index (κ2) is 32.4. The standard InChI is InChI=1S/C35H69NO4/c1-4-6-8-10-14-21-27-33-40-35(38)29-23-17-15-19-25-31-36(3)30-24-18-13-11-12-16-22-28-34(37)39-32-26-20-9-7-5-2/h4-33H2,1-3H3. The van der Waals surface area contributed by atoms with E-state index in [1.54, 1.807) is 0 Å². The van der Waals surface area contributed by atoms with Crippen LogP contribution in [0.1, 0.15) is 181 Å². The van der Waals surface area contributed by atoms with Crippen molar-refractivity contribution in [2.24, 2.45) is 0 Å². The van der Waals surface area contributed by atoms with E-state index >= 15 is 0 Å². The van der Waals surface area contributed by atoms with Gasteiger partial charge in [-0.1, -0.05) is 129 Å². The molecule has 0 atom stereocenters. The van der Waals surface area contributed by atoms with E-state index in [0.717, 1.165) is 38.5 Å². The van der Waals surface area contributed by atoms with Crippen LogP contribution in [-0.4, -0.2) is 50.2 Å². The number of rotatable bonds is 32. The highest BCUT2D eigenvalue weighted by atomic mass is 16.5. The zero-order valence-corrected chi connectivity index (χ0v) is 27.3. The topological polar surface area (TPSA) is 55.8 Å². The summed E-state index contributed by atoms with van der Waals surface area (Å²) >= 11 is 0. The smallest absolute Gasteiger partial charge is 0.305 e. The molecule has 0 radical (unpaired) electrons. The van der Waals surface area contributed by atoms with Crippen LogP contribution in [0.3, 0.4) is 0 Å². The highest BCUT2D eigenvalue weighted by Crippen LogP contribution is 2.12. The fourth-order valence-corrected chi connectivity index (χ4v) is 5.11. The van der Waals surface area contributed by atoms with Gasteiger partial charge in [0.1, 0.15) is 0 Å². The van der Waals surface area contributed by atoms with E-state index in [2.05, 4.69) is 25.8 Å². The van der Waals surface area contributed by atoms with Crippen molar-refractivity contribution in [2.45, 2.75) is 181 Å². The maximum absolute atomic E-state index is 11.8. The predicted molar refractivity (Wildman–Crippen MR) is 171 cm³/mol.